The normalized spacial score (nSPS) is 12.0. The number of para-hydroxylation sites is 1. The number of hydrogen-bond acceptors (Lipinski definition) is 5. The smallest absolute Gasteiger partial charge is 0.398 e. The van der Waals surface area contributed by atoms with E-state index in [1.807, 2.05) is 0 Å². The van der Waals surface area contributed by atoms with E-state index in [2.05, 4.69) is 5.10 Å². The fourth-order valence-corrected chi connectivity index (χ4v) is 2.43. The molecule has 0 fully saturated rings. The van der Waals surface area contributed by atoms with Crippen molar-refractivity contribution < 1.29 is 22.8 Å². The van der Waals surface area contributed by atoms with E-state index >= 15 is 0 Å². The number of anilines is 1. The van der Waals surface area contributed by atoms with Gasteiger partial charge in [-0.25, -0.2) is 5.43 Å². The Labute approximate surface area is 139 Å². The molecule has 0 unspecified atom stereocenters. The lowest BCUT2D eigenvalue weighted by atomic mass is 10.1. The topological polar surface area (TPSA) is 84.6 Å². The van der Waals surface area contributed by atoms with Crippen LogP contribution < -0.4 is 11.2 Å². The van der Waals surface area contributed by atoms with Gasteiger partial charge in [-0.2, -0.15) is 18.3 Å². The van der Waals surface area contributed by atoms with Crippen molar-refractivity contribution in [2.75, 3.05) is 5.73 Å². The van der Waals surface area contributed by atoms with Gasteiger partial charge in [0.1, 0.15) is 5.71 Å². The summed E-state index contributed by atoms with van der Waals surface area (Å²) >= 11 is 1.03. The number of halogens is 3. The van der Waals surface area contributed by atoms with Crippen molar-refractivity contribution in [3.05, 3.63) is 52.2 Å². The monoisotopic (exact) mass is 355 g/mol. The summed E-state index contributed by atoms with van der Waals surface area (Å²) in [7, 11) is 0. The number of thiophene rings is 1. The molecule has 0 saturated carbocycles. The molecule has 5 nitrogen and oxygen atoms in total. The highest BCUT2D eigenvalue weighted by Crippen LogP contribution is 2.22. The summed E-state index contributed by atoms with van der Waals surface area (Å²) in [6.07, 6.45) is -5.81. The zero-order valence-electron chi connectivity index (χ0n) is 12.1. The van der Waals surface area contributed by atoms with Gasteiger partial charge in [-0.3, -0.25) is 9.59 Å². The van der Waals surface area contributed by atoms with Gasteiger partial charge in [0, 0.05) is 5.69 Å². The Morgan fingerprint density at radius 3 is 2.46 bits per heavy atom. The van der Waals surface area contributed by atoms with E-state index in [1.165, 1.54) is 24.3 Å². The van der Waals surface area contributed by atoms with Crippen LogP contribution in [0.15, 0.2) is 46.9 Å². The zero-order chi connectivity index (χ0) is 17.7. The van der Waals surface area contributed by atoms with Crippen molar-refractivity contribution in [3.8, 4) is 0 Å². The number of nitrogens with zero attached hydrogens (tertiary/aromatic N) is 1. The highest BCUT2D eigenvalue weighted by atomic mass is 32.1. The highest BCUT2D eigenvalue weighted by Gasteiger charge is 2.37. The number of carbonyl (C=O) groups excluding carboxylic acids is 2. The third-order valence-electron chi connectivity index (χ3n) is 2.95. The lowest BCUT2D eigenvalue weighted by molar-refractivity contribution is -0.0605. The SMILES string of the molecule is Nc1ccccc1C(=O)N/N=C(/CC(=O)c1cccs1)C(F)(F)F. The molecule has 1 amide bonds. The van der Waals surface area contributed by atoms with Crippen LogP contribution in [0.3, 0.4) is 0 Å². The average molecular weight is 355 g/mol. The molecule has 0 saturated heterocycles. The number of Topliss-reactive ketones (excluding diaryl/α,β-unsaturated/α-hetero) is 1. The van der Waals surface area contributed by atoms with Crippen LogP contribution in [0.2, 0.25) is 0 Å². The molecule has 24 heavy (non-hydrogen) atoms. The second-order valence-corrected chi connectivity index (χ2v) is 5.61. The minimum atomic E-state index is -4.84. The molecule has 2 rings (SSSR count). The Morgan fingerprint density at radius 2 is 1.88 bits per heavy atom. The summed E-state index contributed by atoms with van der Waals surface area (Å²) in [5, 5.41) is 4.66. The Bertz CT molecular complexity index is 771. The Morgan fingerprint density at radius 1 is 1.17 bits per heavy atom. The number of amides is 1. The summed E-state index contributed by atoms with van der Waals surface area (Å²) in [6.45, 7) is 0. The van der Waals surface area contributed by atoms with Gasteiger partial charge in [0.25, 0.3) is 5.91 Å². The number of nitrogens with one attached hydrogen (secondary N) is 1. The molecule has 3 N–H and O–H groups in total. The lowest BCUT2D eigenvalue weighted by Crippen LogP contribution is -2.30. The number of nitrogen functional groups attached to an aromatic ring is 1. The molecule has 1 heterocycles. The van der Waals surface area contributed by atoms with E-state index in [-0.39, 0.29) is 16.1 Å². The molecule has 0 aliphatic rings. The molecule has 0 atom stereocenters. The first-order valence-electron chi connectivity index (χ1n) is 6.64. The maximum atomic E-state index is 13.0. The number of benzene rings is 1. The van der Waals surface area contributed by atoms with Gasteiger partial charge < -0.3 is 5.73 Å². The third kappa shape index (κ3) is 4.42. The summed E-state index contributed by atoms with van der Waals surface area (Å²) in [6, 6.07) is 8.86. The van der Waals surface area contributed by atoms with E-state index in [1.54, 1.807) is 22.9 Å². The Balaban J connectivity index is 2.16. The molecule has 1 aromatic heterocycles. The summed E-state index contributed by atoms with van der Waals surface area (Å²) in [4.78, 5) is 23.9. The first-order chi connectivity index (χ1) is 11.3. The fourth-order valence-electron chi connectivity index (χ4n) is 1.76. The first-order valence-corrected chi connectivity index (χ1v) is 7.52. The fraction of sp³-hybridized carbons (Fsp3) is 0.133. The predicted molar refractivity (Wildman–Crippen MR) is 85.1 cm³/mol. The van der Waals surface area contributed by atoms with Crippen LogP contribution in [-0.2, 0) is 0 Å². The van der Waals surface area contributed by atoms with Crippen LogP contribution in [0, 0.1) is 0 Å². The predicted octanol–water partition coefficient (Wildman–Crippen LogP) is 3.25. The van der Waals surface area contributed by atoms with Crippen LogP contribution in [0.1, 0.15) is 26.5 Å². The summed E-state index contributed by atoms with van der Waals surface area (Å²) < 4.78 is 39.0. The largest absolute Gasteiger partial charge is 0.431 e. The molecule has 126 valence electrons. The highest BCUT2D eigenvalue weighted by molar-refractivity contribution is 7.12. The first kappa shape index (κ1) is 17.7. The number of nitrogens with two attached hydrogens (primary N) is 1. The molecule has 0 radical (unpaired) electrons. The van der Waals surface area contributed by atoms with E-state index < -0.39 is 30.0 Å². The van der Waals surface area contributed by atoms with E-state index in [9.17, 15) is 22.8 Å². The lowest BCUT2D eigenvalue weighted by Gasteiger charge is -2.10. The second kappa shape index (κ2) is 7.26. The van der Waals surface area contributed by atoms with Crippen molar-refractivity contribution in [2.24, 2.45) is 5.10 Å². The van der Waals surface area contributed by atoms with Gasteiger partial charge in [-0.05, 0) is 23.6 Å². The summed E-state index contributed by atoms with van der Waals surface area (Å²) in [5.74, 6) is -1.62. The third-order valence-corrected chi connectivity index (χ3v) is 3.86. The quantitative estimate of drug-likeness (QED) is 0.374. The number of ketones is 1. The number of alkyl halides is 3. The Kier molecular flexibility index (Phi) is 5.35. The molecule has 1 aromatic carbocycles. The minimum absolute atomic E-state index is 0.00708. The number of rotatable bonds is 5. The number of hydrazone groups is 1. The van der Waals surface area contributed by atoms with Crippen molar-refractivity contribution in [1.29, 1.82) is 0 Å². The molecule has 0 spiro atoms. The van der Waals surface area contributed by atoms with E-state index in [0.717, 1.165) is 11.3 Å². The van der Waals surface area contributed by atoms with E-state index in [4.69, 9.17) is 5.73 Å². The van der Waals surface area contributed by atoms with Crippen molar-refractivity contribution in [1.82, 2.24) is 5.43 Å². The van der Waals surface area contributed by atoms with Crippen LogP contribution in [0.4, 0.5) is 18.9 Å². The van der Waals surface area contributed by atoms with Gasteiger partial charge >= 0.3 is 6.18 Å². The zero-order valence-corrected chi connectivity index (χ0v) is 12.9. The molecule has 9 heteroatoms. The molecular weight excluding hydrogens is 343 g/mol. The Hall–Kier alpha value is -2.68. The standard InChI is InChI=1S/C15H12F3N3O2S/c16-15(17,18)13(8-11(22)12-6-3-7-24-12)20-21-14(23)9-4-1-2-5-10(9)19/h1-7H,8,19H2,(H,21,23)/b20-13-. The molecule has 0 aliphatic heterocycles. The van der Waals surface area contributed by atoms with Crippen LogP contribution in [-0.4, -0.2) is 23.6 Å². The van der Waals surface area contributed by atoms with Gasteiger partial charge in [-0.15, -0.1) is 11.3 Å². The molecular formula is C15H12F3N3O2S. The number of hydrogen-bond donors (Lipinski definition) is 2. The molecule has 0 bridgehead atoms. The van der Waals surface area contributed by atoms with Crippen molar-refractivity contribution >= 4 is 34.4 Å². The van der Waals surface area contributed by atoms with Crippen molar-refractivity contribution in [2.45, 2.75) is 12.6 Å². The maximum absolute atomic E-state index is 13.0. The van der Waals surface area contributed by atoms with Crippen molar-refractivity contribution in [3.63, 3.8) is 0 Å². The van der Waals surface area contributed by atoms with Gasteiger partial charge in [0.2, 0.25) is 0 Å². The molecule has 0 aliphatic carbocycles. The van der Waals surface area contributed by atoms with Crippen LogP contribution in [0.25, 0.3) is 0 Å². The van der Waals surface area contributed by atoms with Crippen LogP contribution in [0.5, 0.6) is 0 Å². The van der Waals surface area contributed by atoms with Gasteiger partial charge in [0.15, 0.2) is 5.78 Å². The minimum Gasteiger partial charge on any atom is -0.398 e. The van der Waals surface area contributed by atoms with E-state index in [0.29, 0.717) is 0 Å². The molecule has 2 aromatic rings. The number of carbonyl (C=O) groups is 2. The van der Waals surface area contributed by atoms with Gasteiger partial charge in [-0.1, -0.05) is 18.2 Å². The second-order valence-electron chi connectivity index (χ2n) is 4.66. The average Bonchev–Trinajstić information content (AvgIpc) is 3.04. The van der Waals surface area contributed by atoms with Gasteiger partial charge in [0.05, 0.1) is 16.9 Å². The van der Waals surface area contributed by atoms with Crippen LogP contribution >= 0.6 is 11.3 Å². The maximum Gasteiger partial charge on any atom is 0.431 e. The summed E-state index contributed by atoms with van der Waals surface area (Å²) in [5.41, 5.74) is 6.08.